The van der Waals surface area contributed by atoms with Crippen molar-refractivity contribution >= 4 is 23.7 Å². The van der Waals surface area contributed by atoms with E-state index < -0.39 is 0 Å². The predicted octanol–water partition coefficient (Wildman–Crippen LogP) is 4.24. The number of phenolic OH excluding ortho intramolecular Hbond substituents is 1. The molecule has 0 saturated carbocycles. The molecule has 2 aromatic rings. The molecule has 0 atom stereocenters. The highest BCUT2D eigenvalue weighted by molar-refractivity contribution is 6.02. The first-order valence-electron chi connectivity index (χ1n) is 8.25. The quantitative estimate of drug-likeness (QED) is 0.809. The van der Waals surface area contributed by atoms with Gasteiger partial charge >= 0.3 is 0 Å². The number of hydrogen-bond donors (Lipinski definition) is 2. The Morgan fingerprint density at radius 2 is 2.04 bits per heavy atom. The number of aromatic hydroxyl groups is 1. The van der Waals surface area contributed by atoms with E-state index in [0.29, 0.717) is 11.4 Å². The van der Waals surface area contributed by atoms with E-state index in [1.54, 1.807) is 18.2 Å². The number of phenols is 1. The van der Waals surface area contributed by atoms with Crippen LogP contribution in [-0.2, 0) is 4.79 Å². The Bertz CT molecular complexity index is 897. The van der Waals surface area contributed by atoms with Gasteiger partial charge < -0.3 is 19.9 Å². The Morgan fingerprint density at radius 3 is 2.81 bits per heavy atom. The lowest BCUT2D eigenvalue weighted by Gasteiger charge is -2.28. The Morgan fingerprint density at radius 1 is 1.23 bits per heavy atom. The lowest BCUT2D eigenvalue weighted by atomic mass is 10.0. The van der Waals surface area contributed by atoms with Gasteiger partial charge in [-0.25, -0.2) is 0 Å². The van der Waals surface area contributed by atoms with Crippen LogP contribution in [0.2, 0.25) is 0 Å². The van der Waals surface area contributed by atoms with Crippen LogP contribution in [-0.4, -0.2) is 23.7 Å². The van der Waals surface area contributed by atoms with Crippen LogP contribution in [0.25, 0.3) is 12.2 Å². The monoisotopic (exact) mass is 351 g/mol. The van der Waals surface area contributed by atoms with Crippen LogP contribution in [0.15, 0.2) is 48.6 Å². The summed E-state index contributed by atoms with van der Waals surface area (Å²) in [6, 6.07) is 10.4. The van der Waals surface area contributed by atoms with E-state index in [1.807, 2.05) is 44.2 Å². The highest BCUT2D eigenvalue weighted by atomic mass is 16.5. The third-order valence-corrected chi connectivity index (χ3v) is 3.95. The Kier molecular flexibility index (Phi) is 4.71. The number of ether oxygens (including phenoxy) is 2. The van der Waals surface area contributed by atoms with Gasteiger partial charge in [-0.1, -0.05) is 12.1 Å². The fraction of sp³-hybridized carbons (Fsp3) is 0.190. The summed E-state index contributed by atoms with van der Waals surface area (Å²) in [5.74, 6) is 0.957. The highest BCUT2D eigenvalue weighted by Gasteiger charge is 2.21. The summed E-state index contributed by atoms with van der Waals surface area (Å²) in [5, 5.41) is 12.4. The summed E-state index contributed by atoms with van der Waals surface area (Å²) in [4.78, 5) is 12.2. The average molecular weight is 351 g/mol. The van der Waals surface area contributed by atoms with Crippen molar-refractivity contribution in [1.82, 2.24) is 0 Å². The van der Waals surface area contributed by atoms with Gasteiger partial charge in [0.2, 0.25) is 5.91 Å². The van der Waals surface area contributed by atoms with Crippen molar-refractivity contribution in [3.63, 3.8) is 0 Å². The van der Waals surface area contributed by atoms with Gasteiger partial charge in [0.05, 0.1) is 7.11 Å². The van der Waals surface area contributed by atoms with Crippen molar-refractivity contribution in [3.05, 3.63) is 59.7 Å². The van der Waals surface area contributed by atoms with E-state index in [-0.39, 0.29) is 17.3 Å². The molecule has 1 aliphatic rings. The number of carbonyl (C=O) groups is 1. The number of anilines is 1. The summed E-state index contributed by atoms with van der Waals surface area (Å²) in [7, 11) is 1.48. The van der Waals surface area contributed by atoms with Gasteiger partial charge in [0.1, 0.15) is 11.4 Å². The number of amides is 1. The largest absolute Gasteiger partial charge is 0.504 e. The van der Waals surface area contributed by atoms with Gasteiger partial charge in [-0.05, 0) is 61.9 Å². The smallest absolute Gasteiger partial charge is 0.248 e. The molecule has 3 rings (SSSR count). The number of nitrogens with one attached hydrogen (secondary N) is 1. The van der Waals surface area contributed by atoms with E-state index in [4.69, 9.17) is 9.47 Å². The van der Waals surface area contributed by atoms with Crippen molar-refractivity contribution in [1.29, 1.82) is 0 Å². The van der Waals surface area contributed by atoms with Crippen LogP contribution in [0.4, 0.5) is 5.69 Å². The molecular weight excluding hydrogens is 330 g/mol. The number of rotatable bonds is 4. The second-order valence-corrected chi connectivity index (χ2v) is 6.55. The normalized spacial score (nSPS) is 14.6. The summed E-state index contributed by atoms with van der Waals surface area (Å²) in [5.41, 5.74) is 2.04. The number of benzene rings is 2. The van der Waals surface area contributed by atoms with Gasteiger partial charge in [-0.2, -0.15) is 0 Å². The minimum absolute atomic E-state index is 0.0570. The standard InChI is InChI=1S/C21H21NO4/c1-21(2)11-10-15-13-16(6-8-18(15)26-21)22-20(24)9-5-14-4-7-17(23)19(12-14)25-3/h4-13,23H,1-3H3,(H,22,24)/b9-5+. The van der Waals surface area contributed by atoms with Crippen LogP contribution in [0.5, 0.6) is 17.2 Å². The molecular formula is C21H21NO4. The average Bonchev–Trinajstić information content (AvgIpc) is 2.60. The maximum atomic E-state index is 12.2. The molecule has 1 heterocycles. The lowest BCUT2D eigenvalue weighted by molar-refractivity contribution is -0.111. The van der Waals surface area contributed by atoms with E-state index >= 15 is 0 Å². The maximum Gasteiger partial charge on any atom is 0.248 e. The molecule has 0 fully saturated rings. The van der Waals surface area contributed by atoms with Crippen LogP contribution in [0.1, 0.15) is 25.0 Å². The van der Waals surface area contributed by atoms with E-state index in [1.165, 1.54) is 19.3 Å². The summed E-state index contributed by atoms with van der Waals surface area (Å²) >= 11 is 0. The first-order valence-corrected chi connectivity index (χ1v) is 8.25. The molecule has 1 amide bonds. The fourth-order valence-electron chi connectivity index (χ4n) is 2.61. The predicted molar refractivity (Wildman–Crippen MR) is 103 cm³/mol. The summed E-state index contributed by atoms with van der Waals surface area (Å²) in [6.45, 7) is 3.98. The molecule has 0 radical (unpaired) electrons. The topological polar surface area (TPSA) is 67.8 Å². The molecule has 1 aliphatic heterocycles. The maximum absolute atomic E-state index is 12.2. The van der Waals surface area contributed by atoms with Crippen LogP contribution in [0, 0.1) is 0 Å². The van der Waals surface area contributed by atoms with Crippen molar-refractivity contribution < 1.29 is 19.4 Å². The molecule has 0 unspecified atom stereocenters. The van der Waals surface area contributed by atoms with Crippen molar-refractivity contribution in [2.24, 2.45) is 0 Å². The van der Waals surface area contributed by atoms with Crippen molar-refractivity contribution in [2.75, 3.05) is 12.4 Å². The molecule has 5 nitrogen and oxygen atoms in total. The highest BCUT2D eigenvalue weighted by Crippen LogP contribution is 2.32. The fourth-order valence-corrected chi connectivity index (χ4v) is 2.61. The molecule has 2 N–H and O–H groups in total. The molecule has 26 heavy (non-hydrogen) atoms. The zero-order valence-corrected chi connectivity index (χ0v) is 14.9. The van der Waals surface area contributed by atoms with Gasteiger partial charge in [0.15, 0.2) is 11.5 Å². The molecule has 0 aliphatic carbocycles. The number of carbonyl (C=O) groups excluding carboxylic acids is 1. The van der Waals surface area contributed by atoms with Gasteiger partial charge in [-0.3, -0.25) is 4.79 Å². The van der Waals surface area contributed by atoms with Crippen LogP contribution < -0.4 is 14.8 Å². The zero-order chi connectivity index (χ0) is 18.7. The summed E-state index contributed by atoms with van der Waals surface area (Å²) < 4.78 is 10.9. The second-order valence-electron chi connectivity index (χ2n) is 6.55. The number of methoxy groups -OCH3 is 1. The molecule has 0 saturated heterocycles. The third-order valence-electron chi connectivity index (χ3n) is 3.95. The first kappa shape index (κ1) is 17.6. The van der Waals surface area contributed by atoms with E-state index in [9.17, 15) is 9.90 Å². The lowest BCUT2D eigenvalue weighted by Crippen LogP contribution is -2.27. The Labute approximate surface area is 152 Å². The number of hydrogen-bond acceptors (Lipinski definition) is 4. The van der Waals surface area contributed by atoms with Crippen LogP contribution in [0.3, 0.4) is 0 Å². The molecule has 2 aromatic carbocycles. The Hall–Kier alpha value is -3.21. The van der Waals surface area contributed by atoms with Crippen molar-refractivity contribution in [3.8, 4) is 17.2 Å². The third kappa shape index (κ3) is 4.06. The molecule has 0 spiro atoms. The zero-order valence-electron chi connectivity index (χ0n) is 14.9. The van der Waals surface area contributed by atoms with Gasteiger partial charge in [-0.15, -0.1) is 0 Å². The van der Waals surface area contributed by atoms with E-state index in [0.717, 1.165) is 16.9 Å². The second kappa shape index (κ2) is 6.96. The van der Waals surface area contributed by atoms with E-state index in [2.05, 4.69) is 5.32 Å². The minimum atomic E-state index is -0.328. The van der Waals surface area contributed by atoms with Crippen LogP contribution >= 0.6 is 0 Å². The molecule has 0 aromatic heterocycles. The van der Waals surface area contributed by atoms with Gasteiger partial charge in [0, 0.05) is 17.3 Å². The molecule has 5 heteroatoms. The molecule has 134 valence electrons. The SMILES string of the molecule is COc1cc(/C=C/C(=O)Nc2ccc3c(c2)C=CC(C)(C)O3)ccc1O. The Balaban J connectivity index is 1.69. The minimum Gasteiger partial charge on any atom is -0.504 e. The van der Waals surface area contributed by atoms with Crippen molar-refractivity contribution in [2.45, 2.75) is 19.4 Å². The van der Waals surface area contributed by atoms with Gasteiger partial charge in [0.25, 0.3) is 0 Å². The first-order chi connectivity index (χ1) is 12.4. The molecule has 0 bridgehead atoms. The number of fused-ring (bicyclic) bond motifs is 1. The summed E-state index contributed by atoms with van der Waals surface area (Å²) in [6.07, 6.45) is 7.06.